The number of alkyl halides is 2. The van der Waals surface area contributed by atoms with E-state index in [1.165, 1.54) is 6.26 Å². The van der Waals surface area contributed by atoms with Gasteiger partial charge < -0.3 is 9.47 Å². The van der Waals surface area contributed by atoms with E-state index in [1.54, 1.807) is 0 Å². The van der Waals surface area contributed by atoms with Crippen LogP contribution in [0, 0.1) is 5.92 Å². The normalized spacial score (nSPS) is 25.1. The summed E-state index contributed by atoms with van der Waals surface area (Å²) in [6.07, 6.45) is 4.91. The standard InChI is InChI=1S/C12H18F2O3/c1-3-16-10-6-4-9(5-7-10)8-17-11(15)12(2,13)14/h3,9-10H,1,4-8H2,2H3. The Bertz CT molecular complexity index is 265. The van der Waals surface area contributed by atoms with E-state index in [0.29, 0.717) is 6.92 Å². The molecule has 0 aliphatic heterocycles. The average molecular weight is 248 g/mol. The first-order valence-electron chi connectivity index (χ1n) is 5.75. The lowest BCUT2D eigenvalue weighted by Gasteiger charge is -2.27. The van der Waals surface area contributed by atoms with Crippen LogP contribution in [0.2, 0.25) is 0 Å². The molecule has 1 aliphatic rings. The molecule has 0 bridgehead atoms. The number of carbonyl (C=O) groups is 1. The minimum atomic E-state index is -3.40. The zero-order valence-electron chi connectivity index (χ0n) is 9.96. The Kier molecular flexibility index (Phi) is 4.90. The molecule has 1 fully saturated rings. The maximum absolute atomic E-state index is 12.5. The molecule has 5 heteroatoms. The third-order valence-electron chi connectivity index (χ3n) is 2.89. The van der Waals surface area contributed by atoms with Gasteiger partial charge in [-0.05, 0) is 31.6 Å². The molecule has 98 valence electrons. The first-order chi connectivity index (χ1) is 7.93. The van der Waals surface area contributed by atoms with E-state index < -0.39 is 11.9 Å². The Morgan fingerprint density at radius 3 is 2.47 bits per heavy atom. The fourth-order valence-electron chi connectivity index (χ4n) is 1.89. The van der Waals surface area contributed by atoms with Gasteiger partial charge >= 0.3 is 11.9 Å². The van der Waals surface area contributed by atoms with Crippen molar-refractivity contribution in [3.8, 4) is 0 Å². The van der Waals surface area contributed by atoms with E-state index in [9.17, 15) is 13.6 Å². The minimum absolute atomic E-state index is 0.0725. The molecule has 0 N–H and O–H groups in total. The molecule has 0 aromatic carbocycles. The van der Waals surface area contributed by atoms with Crippen LogP contribution in [0.5, 0.6) is 0 Å². The summed E-state index contributed by atoms with van der Waals surface area (Å²) in [7, 11) is 0. The van der Waals surface area contributed by atoms with Crippen LogP contribution < -0.4 is 0 Å². The number of esters is 1. The lowest BCUT2D eigenvalue weighted by atomic mass is 9.88. The second-order valence-corrected chi connectivity index (χ2v) is 4.43. The number of ether oxygens (including phenoxy) is 2. The molecule has 0 aromatic heterocycles. The minimum Gasteiger partial charge on any atom is -0.499 e. The van der Waals surface area contributed by atoms with E-state index in [1.807, 2.05) is 0 Å². The van der Waals surface area contributed by atoms with Crippen LogP contribution in [0.15, 0.2) is 12.8 Å². The highest BCUT2D eigenvalue weighted by atomic mass is 19.3. The van der Waals surface area contributed by atoms with Crippen molar-refractivity contribution < 1.29 is 23.0 Å². The van der Waals surface area contributed by atoms with Crippen molar-refractivity contribution >= 4 is 5.97 Å². The number of hydrogen-bond acceptors (Lipinski definition) is 3. The number of carbonyl (C=O) groups excluding carboxylic acids is 1. The Hall–Kier alpha value is -1.13. The van der Waals surface area contributed by atoms with Crippen LogP contribution in [0.3, 0.4) is 0 Å². The smallest absolute Gasteiger partial charge is 0.376 e. The summed E-state index contributed by atoms with van der Waals surface area (Å²) in [6.45, 7) is 4.10. The molecule has 0 spiro atoms. The van der Waals surface area contributed by atoms with Crippen molar-refractivity contribution in [1.82, 2.24) is 0 Å². The number of halogens is 2. The molecule has 0 radical (unpaired) electrons. The number of hydrogen-bond donors (Lipinski definition) is 0. The molecule has 1 rings (SSSR count). The molecule has 0 atom stereocenters. The molecular weight excluding hydrogens is 230 g/mol. The largest absolute Gasteiger partial charge is 0.499 e. The van der Waals surface area contributed by atoms with Gasteiger partial charge in [-0.1, -0.05) is 6.58 Å². The maximum atomic E-state index is 12.5. The van der Waals surface area contributed by atoms with E-state index in [2.05, 4.69) is 11.3 Å². The molecule has 1 aliphatic carbocycles. The van der Waals surface area contributed by atoms with Gasteiger partial charge in [-0.15, -0.1) is 0 Å². The SMILES string of the molecule is C=COC1CCC(COC(=O)C(C)(F)F)CC1. The zero-order valence-corrected chi connectivity index (χ0v) is 9.96. The second-order valence-electron chi connectivity index (χ2n) is 4.43. The van der Waals surface area contributed by atoms with Gasteiger partial charge in [-0.2, -0.15) is 8.78 Å². The Balaban J connectivity index is 2.23. The van der Waals surface area contributed by atoms with E-state index in [0.717, 1.165) is 25.7 Å². The van der Waals surface area contributed by atoms with Gasteiger partial charge in [0.2, 0.25) is 0 Å². The fourth-order valence-corrected chi connectivity index (χ4v) is 1.89. The lowest BCUT2D eigenvalue weighted by molar-refractivity contribution is -0.171. The summed E-state index contributed by atoms with van der Waals surface area (Å²) in [5.74, 6) is -4.68. The highest BCUT2D eigenvalue weighted by Crippen LogP contribution is 2.27. The maximum Gasteiger partial charge on any atom is 0.376 e. The van der Waals surface area contributed by atoms with Gasteiger partial charge in [0.15, 0.2) is 0 Å². The third kappa shape index (κ3) is 4.71. The molecule has 0 heterocycles. The molecule has 0 saturated heterocycles. The topological polar surface area (TPSA) is 35.5 Å². The Labute approximate surface area is 99.8 Å². The molecule has 0 aromatic rings. The van der Waals surface area contributed by atoms with Crippen molar-refractivity contribution in [2.24, 2.45) is 5.92 Å². The summed E-state index contributed by atoms with van der Waals surface area (Å²) in [4.78, 5) is 10.9. The van der Waals surface area contributed by atoms with Crippen LogP contribution in [-0.2, 0) is 14.3 Å². The Morgan fingerprint density at radius 1 is 1.41 bits per heavy atom. The average Bonchev–Trinajstić information content (AvgIpc) is 2.27. The van der Waals surface area contributed by atoms with Crippen molar-refractivity contribution in [1.29, 1.82) is 0 Å². The van der Waals surface area contributed by atoms with Gasteiger partial charge in [-0.3, -0.25) is 0 Å². The summed E-state index contributed by atoms with van der Waals surface area (Å²) in [5, 5.41) is 0. The van der Waals surface area contributed by atoms with Crippen LogP contribution in [0.25, 0.3) is 0 Å². The first kappa shape index (κ1) is 13.9. The van der Waals surface area contributed by atoms with Crippen molar-refractivity contribution in [2.75, 3.05) is 6.61 Å². The third-order valence-corrected chi connectivity index (χ3v) is 2.89. The van der Waals surface area contributed by atoms with Gasteiger partial charge in [0.25, 0.3) is 0 Å². The predicted octanol–water partition coefficient (Wildman–Crippen LogP) is 2.90. The molecular formula is C12H18F2O3. The van der Waals surface area contributed by atoms with E-state index in [-0.39, 0.29) is 18.6 Å². The highest BCUT2D eigenvalue weighted by molar-refractivity contribution is 5.76. The van der Waals surface area contributed by atoms with E-state index >= 15 is 0 Å². The fraction of sp³-hybridized carbons (Fsp3) is 0.750. The lowest BCUT2D eigenvalue weighted by Crippen LogP contribution is -2.30. The van der Waals surface area contributed by atoms with Gasteiger partial charge in [-0.25, -0.2) is 4.79 Å². The summed E-state index contributed by atoms with van der Waals surface area (Å²) < 4.78 is 34.9. The van der Waals surface area contributed by atoms with Gasteiger partial charge in [0.05, 0.1) is 19.0 Å². The van der Waals surface area contributed by atoms with Crippen molar-refractivity contribution in [3.63, 3.8) is 0 Å². The van der Waals surface area contributed by atoms with Crippen LogP contribution >= 0.6 is 0 Å². The first-order valence-corrected chi connectivity index (χ1v) is 5.75. The Morgan fingerprint density at radius 2 is 2.00 bits per heavy atom. The monoisotopic (exact) mass is 248 g/mol. The van der Waals surface area contributed by atoms with Crippen molar-refractivity contribution in [2.45, 2.75) is 44.6 Å². The summed E-state index contributed by atoms with van der Waals surface area (Å²) in [6, 6.07) is 0. The van der Waals surface area contributed by atoms with Crippen LogP contribution in [0.1, 0.15) is 32.6 Å². The molecule has 0 amide bonds. The predicted molar refractivity (Wildman–Crippen MR) is 58.6 cm³/mol. The quantitative estimate of drug-likeness (QED) is 0.554. The van der Waals surface area contributed by atoms with Gasteiger partial charge in [0, 0.05) is 6.92 Å². The second kappa shape index (κ2) is 5.98. The molecule has 17 heavy (non-hydrogen) atoms. The van der Waals surface area contributed by atoms with Crippen LogP contribution in [-0.4, -0.2) is 24.6 Å². The molecule has 3 nitrogen and oxygen atoms in total. The zero-order chi connectivity index (χ0) is 12.9. The highest BCUT2D eigenvalue weighted by Gasteiger charge is 2.35. The molecule has 0 unspecified atom stereocenters. The summed E-state index contributed by atoms with van der Waals surface area (Å²) >= 11 is 0. The van der Waals surface area contributed by atoms with Crippen molar-refractivity contribution in [3.05, 3.63) is 12.8 Å². The molecule has 1 saturated carbocycles. The van der Waals surface area contributed by atoms with E-state index in [4.69, 9.17) is 4.74 Å². The number of rotatable bonds is 5. The summed E-state index contributed by atoms with van der Waals surface area (Å²) in [5.41, 5.74) is 0. The van der Waals surface area contributed by atoms with Gasteiger partial charge in [0.1, 0.15) is 0 Å². The van der Waals surface area contributed by atoms with Crippen LogP contribution in [0.4, 0.5) is 8.78 Å².